The Morgan fingerprint density at radius 1 is 0.905 bits per heavy atom. The van der Waals surface area contributed by atoms with Crippen LogP contribution in [0.4, 0.5) is 10.1 Å². The number of halogens is 2. The van der Waals surface area contributed by atoms with Gasteiger partial charge in [0, 0.05) is 5.56 Å². The van der Waals surface area contributed by atoms with Crippen molar-refractivity contribution in [2.24, 2.45) is 5.10 Å². The monoisotopic (exact) mass is 611 g/mol. The molecule has 218 valence electrons. The van der Waals surface area contributed by atoms with Crippen LogP contribution >= 0.6 is 11.6 Å². The number of nitrogens with zero attached hydrogens (tertiary/aromatic N) is 1. The normalized spacial score (nSPS) is 11.2. The van der Waals surface area contributed by atoms with Crippen molar-refractivity contribution in [3.63, 3.8) is 0 Å². The minimum Gasteiger partial charge on any atom is -0.490 e. The SMILES string of the molecule is CCOc1cc(C=NNC(=O)c2cccc(S(=O)(=O)Nc3ccccc3Cl)c2)ccc1OCCOc1ccc(F)cc1. The zero-order valence-corrected chi connectivity index (χ0v) is 24.0. The fourth-order valence-electron chi connectivity index (χ4n) is 3.62. The second kappa shape index (κ2) is 14.3. The van der Waals surface area contributed by atoms with E-state index in [1.807, 2.05) is 6.92 Å². The molecule has 0 unspecified atom stereocenters. The molecule has 0 bridgehead atoms. The first-order valence-corrected chi connectivity index (χ1v) is 14.6. The number of carbonyl (C=O) groups excluding carboxylic acids is 1. The molecule has 0 spiro atoms. The van der Waals surface area contributed by atoms with Gasteiger partial charge in [0.2, 0.25) is 0 Å². The number of carbonyl (C=O) groups is 1. The average molecular weight is 612 g/mol. The summed E-state index contributed by atoms with van der Waals surface area (Å²) >= 11 is 6.06. The molecule has 4 aromatic rings. The van der Waals surface area contributed by atoms with E-state index < -0.39 is 15.9 Å². The largest absolute Gasteiger partial charge is 0.490 e. The molecule has 4 rings (SSSR count). The predicted octanol–water partition coefficient (Wildman–Crippen LogP) is 5.90. The molecule has 42 heavy (non-hydrogen) atoms. The lowest BCUT2D eigenvalue weighted by Crippen LogP contribution is -2.19. The minimum absolute atomic E-state index is 0.0933. The van der Waals surface area contributed by atoms with E-state index >= 15 is 0 Å². The third kappa shape index (κ3) is 8.45. The molecule has 0 aliphatic heterocycles. The summed E-state index contributed by atoms with van der Waals surface area (Å²) in [6.07, 6.45) is 1.42. The van der Waals surface area contributed by atoms with Gasteiger partial charge < -0.3 is 14.2 Å². The van der Waals surface area contributed by atoms with Crippen LogP contribution in [-0.4, -0.2) is 40.4 Å². The van der Waals surface area contributed by atoms with Gasteiger partial charge in [-0.25, -0.2) is 18.2 Å². The van der Waals surface area contributed by atoms with Crippen LogP contribution in [0.1, 0.15) is 22.8 Å². The minimum atomic E-state index is -3.99. The molecule has 0 atom stereocenters. The first kappa shape index (κ1) is 30.4. The van der Waals surface area contributed by atoms with Crippen LogP contribution in [0.15, 0.2) is 101 Å². The van der Waals surface area contributed by atoms with Gasteiger partial charge >= 0.3 is 0 Å². The quantitative estimate of drug-likeness (QED) is 0.110. The summed E-state index contributed by atoms with van der Waals surface area (Å²) in [5.74, 6) is 0.543. The van der Waals surface area contributed by atoms with Gasteiger partial charge in [-0.3, -0.25) is 9.52 Å². The lowest BCUT2D eigenvalue weighted by Gasteiger charge is -2.13. The highest BCUT2D eigenvalue weighted by atomic mass is 35.5. The third-order valence-corrected chi connectivity index (χ3v) is 7.29. The topological polar surface area (TPSA) is 115 Å². The molecule has 0 heterocycles. The number of benzene rings is 4. The number of ether oxygens (including phenoxy) is 3. The molecule has 9 nitrogen and oxygen atoms in total. The predicted molar refractivity (Wildman–Crippen MR) is 159 cm³/mol. The van der Waals surface area contributed by atoms with Gasteiger partial charge in [0.15, 0.2) is 11.5 Å². The summed E-state index contributed by atoms with van der Waals surface area (Å²) in [5.41, 5.74) is 3.33. The van der Waals surface area contributed by atoms with Crippen molar-refractivity contribution in [1.82, 2.24) is 5.43 Å². The number of amides is 1. The summed E-state index contributed by atoms with van der Waals surface area (Å²) in [4.78, 5) is 12.6. The van der Waals surface area contributed by atoms with Gasteiger partial charge in [0.05, 0.1) is 28.4 Å². The Labute approximate surface area is 247 Å². The van der Waals surface area contributed by atoms with Crippen LogP contribution in [0.5, 0.6) is 17.2 Å². The number of hydrogen-bond donors (Lipinski definition) is 2. The molecule has 0 aromatic heterocycles. The van der Waals surface area contributed by atoms with E-state index in [0.717, 1.165) is 0 Å². The van der Waals surface area contributed by atoms with E-state index in [1.165, 1.54) is 60.8 Å². The van der Waals surface area contributed by atoms with Crippen molar-refractivity contribution in [3.05, 3.63) is 113 Å². The Kier molecular flexibility index (Phi) is 10.4. The van der Waals surface area contributed by atoms with Crippen LogP contribution < -0.4 is 24.4 Å². The summed E-state index contributed by atoms with van der Waals surface area (Å²) in [6.45, 7) is 2.69. The van der Waals surface area contributed by atoms with E-state index in [0.29, 0.717) is 29.4 Å². The number of para-hydroxylation sites is 1. The van der Waals surface area contributed by atoms with Gasteiger partial charge in [0.1, 0.15) is 24.8 Å². The molecule has 0 fully saturated rings. The highest BCUT2D eigenvalue weighted by molar-refractivity contribution is 7.92. The van der Waals surface area contributed by atoms with E-state index in [4.69, 9.17) is 25.8 Å². The van der Waals surface area contributed by atoms with Crippen LogP contribution in [-0.2, 0) is 10.0 Å². The van der Waals surface area contributed by atoms with Crippen LogP contribution in [0.2, 0.25) is 5.02 Å². The Balaban J connectivity index is 1.35. The van der Waals surface area contributed by atoms with E-state index in [9.17, 15) is 17.6 Å². The molecule has 1 amide bonds. The number of anilines is 1. The number of hydrazone groups is 1. The number of rotatable bonds is 13. The van der Waals surface area contributed by atoms with Crippen molar-refractivity contribution < 1.29 is 31.8 Å². The Morgan fingerprint density at radius 3 is 2.43 bits per heavy atom. The summed E-state index contributed by atoms with van der Waals surface area (Å²) in [7, 11) is -3.99. The number of sulfonamides is 1. The summed E-state index contributed by atoms with van der Waals surface area (Å²) in [5, 5.41) is 4.23. The number of hydrogen-bond acceptors (Lipinski definition) is 7. The second-order valence-electron chi connectivity index (χ2n) is 8.60. The Morgan fingerprint density at radius 2 is 1.67 bits per heavy atom. The molecular weight excluding hydrogens is 585 g/mol. The van der Waals surface area contributed by atoms with Gasteiger partial charge in [-0.05, 0) is 85.3 Å². The highest BCUT2D eigenvalue weighted by Gasteiger charge is 2.17. The first-order valence-electron chi connectivity index (χ1n) is 12.7. The van der Waals surface area contributed by atoms with Crippen LogP contribution in [0.25, 0.3) is 0 Å². The van der Waals surface area contributed by atoms with Crippen molar-refractivity contribution >= 4 is 39.4 Å². The molecule has 2 N–H and O–H groups in total. The number of nitrogens with one attached hydrogen (secondary N) is 2. The van der Waals surface area contributed by atoms with Gasteiger partial charge in [-0.2, -0.15) is 5.10 Å². The van der Waals surface area contributed by atoms with Gasteiger partial charge in [0.25, 0.3) is 15.9 Å². The van der Waals surface area contributed by atoms with E-state index in [2.05, 4.69) is 15.2 Å². The second-order valence-corrected chi connectivity index (χ2v) is 10.7. The lowest BCUT2D eigenvalue weighted by molar-refractivity contribution is 0.0955. The zero-order chi connectivity index (χ0) is 30.0. The standard InChI is InChI=1S/C30H27ClFN3O6S/c1-2-39-29-18-21(10-15-28(29)41-17-16-40-24-13-11-23(32)12-14-24)20-33-34-30(36)22-6-5-7-25(19-22)42(37,38)35-27-9-4-3-8-26(27)31/h3-15,18-20,35H,2,16-17H2,1H3,(H,34,36). The van der Waals surface area contributed by atoms with Gasteiger partial charge in [-0.15, -0.1) is 0 Å². The maximum Gasteiger partial charge on any atom is 0.271 e. The van der Waals surface area contributed by atoms with Crippen molar-refractivity contribution in [2.75, 3.05) is 24.5 Å². The molecule has 0 aliphatic rings. The van der Waals surface area contributed by atoms with E-state index in [-0.39, 0.29) is 40.2 Å². The molecule has 0 saturated carbocycles. The third-order valence-electron chi connectivity index (χ3n) is 5.60. The zero-order valence-electron chi connectivity index (χ0n) is 22.4. The molecule has 0 radical (unpaired) electrons. The van der Waals surface area contributed by atoms with Gasteiger partial charge in [-0.1, -0.05) is 29.8 Å². The summed E-state index contributed by atoms with van der Waals surface area (Å²) in [6, 6.07) is 22.8. The fraction of sp³-hybridized carbons (Fsp3) is 0.133. The van der Waals surface area contributed by atoms with Crippen molar-refractivity contribution in [2.45, 2.75) is 11.8 Å². The molecule has 4 aromatic carbocycles. The first-order chi connectivity index (χ1) is 20.2. The Hall–Kier alpha value is -4.61. The highest BCUT2D eigenvalue weighted by Crippen LogP contribution is 2.28. The fourth-order valence-corrected chi connectivity index (χ4v) is 4.98. The lowest BCUT2D eigenvalue weighted by atomic mass is 10.2. The average Bonchev–Trinajstić information content (AvgIpc) is 2.98. The Bertz CT molecular complexity index is 1670. The van der Waals surface area contributed by atoms with Crippen LogP contribution in [0, 0.1) is 5.82 Å². The van der Waals surface area contributed by atoms with Crippen molar-refractivity contribution in [1.29, 1.82) is 0 Å². The van der Waals surface area contributed by atoms with E-state index in [1.54, 1.807) is 36.4 Å². The van der Waals surface area contributed by atoms with Crippen LogP contribution in [0.3, 0.4) is 0 Å². The maximum absolute atomic E-state index is 13.0. The molecule has 12 heteroatoms. The molecule has 0 saturated heterocycles. The molecule has 0 aliphatic carbocycles. The maximum atomic E-state index is 13.0. The smallest absolute Gasteiger partial charge is 0.271 e. The summed E-state index contributed by atoms with van der Waals surface area (Å²) < 4.78 is 58.1. The molecular formula is C30H27ClFN3O6S. The van der Waals surface area contributed by atoms with Crippen molar-refractivity contribution in [3.8, 4) is 17.2 Å².